The minimum Gasteiger partial charge on any atom is -0.265 e. The van der Waals surface area contributed by atoms with Crippen LogP contribution in [0.2, 0.25) is 0 Å². The Labute approximate surface area is 331 Å². The summed E-state index contributed by atoms with van der Waals surface area (Å²) in [6.45, 7) is 35.8. The maximum Gasteiger partial charge on any atom is 0.125 e. The maximum atomic E-state index is 3.98. The number of aryl methyl sites for hydroxylation is 6. The van der Waals surface area contributed by atoms with Crippen LogP contribution in [0.25, 0.3) is 0 Å². The number of aromatic nitrogens is 9. The van der Waals surface area contributed by atoms with E-state index in [9.17, 15) is 0 Å². The van der Waals surface area contributed by atoms with Crippen LogP contribution in [0.4, 0.5) is 0 Å². The highest BCUT2D eigenvalue weighted by Crippen LogP contribution is 1.90. The second kappa shape index (κ2) is 57.0. The summed E-state index contributed by atoms with van der Waals surface area (Å²) in [7, 11) is 0. The first-order valence-corrected chi connectivity index (χ1v) is 19.2. The molecule has 0 amide bonds. The van der Waals surface area contributed by atoms with Crippen molar-refractivity contribution < 1.29 is 0 Å². The molecule has 0 spiro atoms. The van der Waals surface area contributed by atoms with Crippen LogP contribution < -0.4 is 0 Å². The van der Waals surface area contributed by atoms with Gasteiger partial charge >= 0.3 is 0 Å². The molecule has 9 nitrogen and oxygen atoms in total. The number of nitrogens with zero attached hydrogens (tertiary/aromatic N) is 9. The van der Waals surface area contributed by atoms with Crippen molar-refractivity contribution in [2.45, 2.75) is 125 Å². The van der Waals surface area contributed by atoms with Crippen molar-refractivity contribution in [2.24, 2.45) is 0 Å². The molecule has 0 aliphatic rings. The van der Waals surface area contributed by atoms with Crippen LogP contribution in [0.3, 0.4) is 0 Å². The van der Waals surface area contributed by atoms with E-state index in [-0.39, 0.29) is 0 Å². The predicted octanol–water partition coefficient (Wildman–Crippen LogP) is 12.7. The highest BCUT2D eigenvalue weighted by Gasteiger charge is 1.77. The average molecular weight is 742 g/mol. The van der Waals surface area contributed by atoms with Crippen molar-refractivity contribution in [3.05, 3.63) is 163 Å². The molecule has 9 heteroatoms. The molecule has 6 heterocycles. The Kier molecular flexibility index (Phi) is 64.2. The molecule has 0 aliphatic heterocycles. The third-order valence-electron chi connectivity index (χ3n) is 4.58. The molecule has 0 aliphatic carbocycles. The molecular weight excluding hydrogens is 667 g/mol. The monoisotopic (exact) mass is 742 g/mol. The Balaban J connectivity index is -0.000000121. The molecule has 6 aromatic heterocycles. The van der Waals surface area contributed by atoms with Gasteiger partial charge in [0.1, 0.15) is 18.5 Å². The lowest BCUT2D eigenvalue weighted by molar-refractivity contribution is 1.05. The lowest BCUT2D eigenvalue weighted by Gasteiger charge is -1.82. The van der Waals surface area contributed by atoms with Gasteiger partial charge in [-0.1, -0.05) is 95.2 Å². The standard InChI is InChI=1S/3C6H7N.3C5H6N2.6C2H6/c1-6-2-4-7-5-3-6;1-6-3-2-4-7-5-6;1-6-4-2-3-5-7-6;1-5-2-6-4-7-3-5;1-5-2-3-6-4-7-5;1-5-6-3-2-4-7-5;6*1-2/h3*2-5H,1H3;3*2-4H,1H3;6*1-2H3. The summed E-state index contributed by atoms with van der Waals surface area (Å²) >= 11 is 0. The molecule has 6 aromatic rings. The van der Waals surface area contributed by atoms with Gasteiger partial charge in [-0.3, -0.25) is 15.0 Å². The SMILES string of the molecule is CC.CC.CC.CC.CC.CC.Cc1ccccn1.Cc1cccnc1.Cc1ccncc1.Cc1ccncn1.Cc1cncnc1.Cc1ncccn1. The van der Waals surface area contributed by atoms with Gasteiger partial charge in [-0.05, 0) is 101 Å². The third-order valence-corrected chi connectivity index (χ3v) is 4.58. The molecule has 0 saturated heterocycles. The lowest BCUT2D eigenvalue weighted by atomic mass is 10.3. The largest absolute Gasteiger partial charge is 0.265 e. The van der Waals surface area contributed by atoms with Gasteiger partial charge in [0.05, 0.1) is 0 Å². The van der Waals surface area contributed by atoms with E-state index in [0.29, 0.717) is 0 Å². The first-order chi connectivity index (χ1) is 26.4. The number of hydrogen-bond acceptors (Lipinski definition) is 9. The summed E-state index contributed by atoms with van der Waals surface area (Å²) in [6, 6.07) is 17.4. The van der Waals surface area contributed by atoms with E-state index >= 15 is 0 Å². The number of hydrogen-bond donors (Lipinski definition) is 0. The van der Waals surface area contributed by atoms with Crippen LogP contribution in [-0.4, -0.2) is 44.9 Å². The van der Waals surface area contributed by atoms with E-state index < -0.39 is 0 Å². The smallest absolute Gasteiger partial charge is 0.125 e. The predicted molar refractivity (Wildman–Crippen MR) is 235 cm³/mol. The summed E-state index contributed by atoms with van der Waals surface area (Å²) < 4.78 is 0. The van der Waals surface area contributed by atoms with Crippen molar-refractivity contribution in [3.8, 4) is 0 Å². The van der Waals surface area contributed by atoms with Gasteiger partial charge in [0.15, 0.2) is 0 Å². The van der Waals surface area contributed by atoms with Crippen LogP contribution >= 0.6 is 0 Å². The van der Waals surface area contributed by atoms with E-state index in [1.165, 1.54) is 23.8 Å². The summed E-state index contributed by atoms with van der Waals surface area (Å²) in [4.78, 5) is 34.6. The minimum absolute atomic E-state index is 0.822. The highest BCUT2D eigenvalue weighted by atomic mass is 14.8. The highest BCUT2D eigenvalue weighted by molar-refractivity contribution is 5.06. The molecular formula is C45H75N9. The normalized spacial score (nSPS) is 7.44. The van der Waals surface area contributed by atoms with Gasteiger partial charge in [0.25, 0.3) is 0 Å². The molecule has 0 radical (unpaired) electrons. The second-order valence-corrected chi connectivity index (χ2v) is 8.59. The lowest BCUT2D eigenvalue weighted by Crippen LogP contribution is -1.80. The van der Waals surface area contributed by atoms with Gasteiger partial charge in [-0.25, -0.2) is 29.9 Å². The first kappa shape index (κ1) is 60.8. The van der Waals surface area contributed by atoms with E-state index in [0.717, 1.165) is 22.8 Å². The zero-order valence-corrected chi connectivity index (χ0v) is 37.1. The van der Waals surface area contributed by atoms with E-state index in [1.807, 2.05) is 179 Å². The van der Waals surface area contributed by atoms with Crippen LogP contribution in [-0.2, 0) is 0 Å². The molecule has 0 aromatic carbocycles. The van der Waals surface area contributed by atoms with Crippen molar-refractivity contribution in [2.75, 3.05) is 0 Å². The molecule has 0 fully saturated rings. The molecule has 6 rings (SSSR count). The van der Waals surface area contributed by atoms with Crippen molar-refractivity contribution in [1.29, 1.82) is 0 Å². The summed E-state index contributed by atoms with van der Waals surface area (Å²) in [6.07, 6.45) is 20.7. The first-order valence-electron chi connectivity index (χ1n) is 19.2. The molecule has 300 valence electrons. The van der Waals surface area contributed by atoms with E-state index in [1.54, 1.807) is 61.8 Å². The Bertz CT molecular complexity index is 1110. The molecule has 0 unspecified atom stereocenters. The van der Waals surface area contributed by atoms with E-state index in [2.05, 4.69) is 44.9 Å². The third kappa shape index (κ3) is 53.5. The van der Waals surface area contributed by atoms with Gasteiger partial charge < -0.3 is 0 Å². The van der Waals surface area contributed by atoms with Gasteiger partial charge in [0.2, 0.25) is 0 Å². The fourth-order valence-electron chi connectivity index (χ4n) is 2.43. The Morgan fingerprint density at radius 2 is 0.778 bits per heavy atom. The number of pyridine rings is 3. The van der Waals surface area contributed by atoms with Crippen molar-refractivity contribution in [3.63, 3.8) is 0 Å². The molecule has 0 N–H and O–H groups in total. The zero-order valence-electron chi connectivity index (χ0n) is 37.1. The Hall–Kier alpha value is -5.31. The zero-order chi connectivity index (χ0) is 42.7. The molecule has 0 atom stereocenters. The summed E-state index contributed by atoms with van der Waals surface area (Å²) in [5.41, 5.74) is 5.65. The van der Waals surface area contributed by atoms with Crippen molar-refractivity contribution in [1.82, 2.24) is 44.9 Å². The summed E-state index contributed by atoms with van der Waals surface area (Å²) in [5.74, 6) is 0.822. The second-order valence-electron chi connectivity index (χ2n) is 8.59. The topological polar surface area (TPSA) is 116 Å². The van der Waals surface area contributed by atoms with Crippen LogP contribution in [0, 0.1) is 41.5 Å². The molecule has 0 bridgehead atoms. The van der Waals surface area contributed by atoms with Gasteiger partial charge in [0, 0.05) is 73.4 Å². The maximum absolute atomic E-state index is 3.98. The van der Waals surface area contributed by atoms with Gasteiger partial charge in [-0.15, -0.1) is 0 Å². The quantitative estimate of drug-likeness (QED) is 0.150. The number of rotatable bonds is 0. The minimum atomic E-state index is 0.822. The fraction of sp³-hybridized carbons (Fsp3) is 0.400. The molecule has 0 saturated carbocycles. The van der Waals surface area contributed by atoms with Crippen LogP contribution in [0.15, 0.2) is 129 Å². The average Bonchev–Trinajstić information content (AvgIpc) is 3.25. The van der Waals surface area contributed by atoms with Crippen LogP contribution in [0.1, 0.15) is 117 Å². The Morgan fingerprint density at radius 3 is 1.00 bits per heavy atom. The Morgan fingerprint density at radius 1 is 0.296 bits per heavy atom. The summed E-state index contributed by atoms with van der Waals surface area (Å²) in [5, 5.41) is 0. The van der Waals surface area contributed by atoms with Crippen LogP contribution in [0.5, 0.6) is 0 Å². The van der Waals surface area contributed by atoms with Crippen molar-refractivity contribution >= 4 is 0 Å². The molecule has 54 heavy (non-hydrogen) atoms. The van der Waals surface area contributed by atoms with Gasteiger partial charge in [-0.2, -0.15) is 0 Å². The van der Waals surface area contributed by atoms with E-state index in [4.69, 9.17) is 0 Å². The fourth-order valence-corrected chi connectivity index (χ4v) is 2.43.